The van der Waals surface area contributed by atoms with E-state index in [1.807, 2.05) is 6.92 Å². The molecule has 0 unspecified atom stereocenters. The average molecular weight is 157 g/mol. The molecule has 0 aromatic heterocycles. The fourth-order valence-corrected chi connectivity index (χ4v) is 0.981. The Hall–Kier alpha value is -1.06. The van der Waals surface area contributed by atoms with Gasteiger partial charge in [0.05, 0.1) is 0 Å². The molecular formula is C7H11NO3. The van der Waals surface area contributed by atoms with Crippen LogP contribution in [0.25, 0.3) is 0 Å². The van der Waals surface area contributed by atoms with E-state index in [0.717, 1.165) is 6.42 Å². The minimum Gasteiger partial charge on any atom is -0.480 e. The molecule has 0 aliphatic heterocycles. The van der Waals surface area contributed by atoms with Crippen LogP contribution in [0, 0.1) is 11.8 Å². The summed E-state index contributed by atoms with van der Waals surface area (Å²) in [6, 6.07) is 0. The van der Waals surface area contributed by atoms with E-state index in [9.17, 15) is 9.59 Å². The Bertz CT molecular complexity index is 190. The van der Waals surface area contributed by atoms with E-state index in [1.54, 1.807) is 0 Å². The number of rotatable bonds is 3. The molecule has 4 nitrogen and oxygen atoms in total. The Morgan fingerprint density at radius 3 is 2.55 bits per heavy atom. The highest BCUT2D eigenvalue weighted by Crippen LogP contribution is 2.37. The summed E-state index contributed by atoms with van der Waals surface area (Å²) in [5.41, 5.74) is 0. The summed E-state index contributed by atoms with van der Waals surface area (Å²) >= 11 is 0. The van der Waals surface area contributed by atoms with Crippen LogP contribution in [0.15, 0.2) is 0 Å². The molecular weight excluding hydrogens is 146 g/mol. The summed E-state index contributed by atoms with van der Waals surface area (Å²) in [5, 5.41) is 10.6. The van der Waals surface area contributed by atoms with Gasteiger partial charge in [0, 0.05) is 5.92 Å². The van der Waals surface area contributed by atoms with Crippen molar-refractivity contribution >= 4 is 11.9 Å². The van der Waals surface area contributed by atoms with Crippen molar-refractivity contribution in [2.24, 2.45) is 11.8 Å². The quantitative estimate of drug-likeness (QED) is 0.598. The molecule has 0 bridgehead atoms. The zero-order valence-corrected chi connectivity index (χ0v) is 6.33. The molecule has 0 spiro atoms. The van der Waals surface area contributed by atoms with Crippen molar-refractivity contribution in [2.75, 3.05) is 6.54 Å². The van der Waals surface area contributed by atoms with Crippen LogP contribution in [0.1, 0.15) is 13.3 Å². The lowest BCUT2D eigenvalue weighted by molar-refractivity contribution is -0.138. The average Bonchev–Trinajstić information content (AvgIpc) is 2.61. The predicted molar refractivity (Wildman–Crippen MR) is 37.9 cm³/mol. The standard InChI is InChI=1S/C7H11NO3/c1-4-2-5(4)7(11)8-3-6(9)10/h4-5H,2-3H2,1H3,(H,8,11)(H,9,10)/t4-,5+/m0/s1. The van der Waals surface area contributed by atoms with Crippen LogP contribution in [0.2, 0.25) is 0 Å². The number of carbonyl (C=O) groups excluding carboxylic acids is 1. The second kappa shape index (κ2) is 2.90. The summed E-state index contributed by atoms with van der Waals surface area (Å²) < 4.78 is 0. The SMILES string of the molecule is C[C@H]1C[C@H]1C(=O)NCC(=O)O. The fourth-order valence-electron chi connectivity index (χ4n) is 0.981. The molecule has 1 fully saturated rings. The van der Waals surface area contributed by atoms with Gasteiger partial charge in [-0.05, 0) is 12.3 Å². The highest BCUT2D eigenvalue weighted by Gasteiger charge is 2.38. The molecule has 1 rings (SSSR count). The normalized spacial score (nSPS) is 27.7. The number of carbonyl (C=O) groups is 2. The number of nitrogens with one attached hydrogen (secondary N) is 1. The van der Waals surface area contributed by atoms with E-state index >= 15 is 0 Å². The number of aliphatic carboxylic acids is 1. The molecule has 0 aromatic carbocycles. The number of hydrogen-bond donors (Lipinski definition) is 2. The van der Waals surface area contributed by atoms with E-state index in [1.165, 1.54) is 0 Å². The van der Waals surface area contributed by atoms with Crippen LogP contribution in [0.5, 0.6) is 0 Å². The third-order valence-corrected chi connectivity index (χ3v) is 1.86. The van der Waals surface area contributed by atoms with Crippen LogP contribution < -0.4 is 5.32 Å². The van der Waals surface area contributed by atoms with E-state index in [-0.39, 0.29) is 18.4 Å². The summed E-state index contributed by atoms with van der Waals surface area (Å²) in [4.78, 5) is 21.0. The van der Waals surface area contributed by atoms with Crippen molar-refractivity contribution in [2.45, 2.75) is 13.3 Å². The lowest BCUT2D eigenvalue weighted by Gasteiger charge is -1.98. The van der Waals surface area contributed by atoms with Crippen LogP contribution in [-0.2, 0) is 9.59 Å². The topological polar surface area (TPSA) is 66.4 Å². The second-order valence-electron chi connectivity index (χ2n) is 2.93. The molecule has 1 amide bonds. The lowest BCUT2D eigenvalue weighted by Crippen LogP contribution is -2.30. The van der Waals surface area contributed by atoms with Crippen molar-refractivity contribution in [3.8, 4) is 0 Å². The van der Waals surface area contributed by atoms with Crippen molar-refractivity contribution in [1.82, 2.24) is 5.32 Å². The highest BCUT2D eigenvalue weighted by molar-refractivity contribution is 5.84. The third-order valence-electron chi connectivity index (χ3n) is 1.86. The van der Waals surface area contributed by atoms with Crippen molar-refractivity contribution in [3.05, 3.63) is 0 Å². The van der Waals surface area contributed by atoms with Crippen LogP contribution in [0.4, 0.5) is 0 Å². The van der Waals surface area contributed by atoms with Gasteiger partial charge in [-0.3, -0.25) is 9.59 Å². The van der Waals surface area contributed by atoms with Crippen LogP contribution >= 0.6 is 0 Å². The smallest absolute Gasteiger partial charge is 0.322 e. The minimum atomic E-state index is -0.994. The zero-order valence-electron chi connectivity index (χ0n) is 6.33. The maximum atomic E-state index is 10.9. The van der Waals surface area contributed by atoms with Crippen LogP contribution in [0.3, 0.4) is 0 Å². The first-order chi connectivity index (χ1) is 5.11. The summed E-state index contributed by atoms with van der Waals surface area (Å²) in [7, 11) is 0. The summed E-state index contributed by atoms with van der Waals surface area (Å²) in [6.07, 6.45) is 0.894. The molecule has 2 N–H and O–H groups in total. The number of carboxylic acid groups (broad SMARTS) is 1. The largest absolute Gasteiger partial charge is 0.480 e. The molecule has 0 heterocycles. The van der Waals surface area contributed by atoms with Gasteiger partial charge >= 0.3 is 5.97 Å². The van der Waals surface area contributed by atoms with Crippen molar-refractivity contribution < 1.29 is 14.7 Å². The van der Waals surface area contributed by atoms with Gasteiger partial charge in [0.2, 0.25) is 5.91 Å². The van der Waals surface area contributed by atoms with Crippen molar-refractivity contribution in [3.63, 3.8) is 0 Å². The monoisotopic (exact) mass is 157 g/mol. The Kier molecular flexibility index (Phi) is 2.12. The molecule has 1 saturated carbocycles. The maximum Gasteiger partial charge on any atom is 0.322 e. The molecule has 0 aromatic rings. The molecule has 1 aliphatic rings. The predicted octanol–water partition coefficient (Wildman–Crippen LogP) is -0.157. The Morgan fingerprint density at radius 2 is 2.18 bits per heavy atom. The Morgan fingerprint density at radius 1 is 1.64 bits per heavy atom. The lowest BCUT2D eigenvalue weighted by atomic mass is 10.3. The van der Waals surface area contributed by atoms with Gasteiger partial charge in [0.15, 0.2) is 0 Å². The van der Waals surface area contributed by atoms with Gasteiger partial charge in [0.1, 0.15) is 6.54 Å². The van der Waals surface area contributed by atoms with Gasteiger partial charge in [-0.1, -0.05) is 6.92 Å². The van der Waals surface area contributed by atoms with Crippen molar-refractivity contribution in [1.29, 1.82) is 0 Å². The first kappa shape index (κ1) is 8.04. The molecule has 2 atom stereocenters. The number of carboxylic acids is 1. The first-order valence-electron chi connectivity index (χ1n) is 3.60. The van der Waals surface area contributed by atoms with Gasteiger partial charge in [-0.25, -0.2) is 0 Å². The van der Waals surface area contributed by atoms with E-state index in [2.05, 4.69) is 5.32 Å². The molecule has 62 valence electrons. The fraction of sp³-hybridized carbons (Fsp3) is 0.714. The zero-order chi connectivity index (χ0) is 8.43. The van der Waals surface area contributed by atoms with E-state index < -0.39 is 5.97 Å². The maximum absolute atomic E-state index is 10.9. The van der Waals surface area contributed by atoms with Gasteiger partial charge in [-0.15, -0.1) is 0 Å². The molecule has 1 aliphatic carbocycles. The molecule has 0 radical (unpaired) electrons. The molecule has 11 heavy (non-hydrogen) atoms. The highest BCUT2D eigenvalue weighted by atomic mass is 16.4. The molecule has 0 saturated heterocycles. The second-order valence-corrected chi connectivity index (χ2v) is 2.93. The van der Waals surface area contributed by atoms with Gasteiger partial charge in [-0.2, -0.15) is 0 Å². The minimum absolute atomic E-state index is 0.0642. The number of amides is 1. The van der Waals surface area contributed by atoms with E-state index in [4.69, 9.17) is 5.11 Å². The summed E-state index contributed by atoms with van der Waals surface area (Å²) in [6.45, 7) is 1.72. The first-order valence-corrected chi connectivity index (χ1v) is 3.60. The summed E-state index contributed by atoms with van der Waals surface area (Å²) in [5.74, 6) is -0.621. The Balaban J connectivity index is 2.17. The Labute approximate surface area is 64.6 Å². The number of hydrogen-bond acceptors (Lipinski definition) is 2. The van der Waals surface area contributed by atoms with Crippen LogP contribution in [-0.4, -0.2) is 23.5 Å². The van der Waals surface area contributed by atoms with Gasteiger partial charge in [0.25, 0.3) is 0 Å². The van der Waals surface area contributed by atoms with Gasteiger partial charge < -0.3 is 10.4 Å². The third kappa shape index (κ3) is 2.22. The molecule has 4 heteroatoms. The van der Waals surface area contributed by atoms with E-state index in [0.29, 0.717) is 5.92 Å².